The molecule has 1 aliphatic rings. The molecule has 2 heterocycles. The number of rotatable bonds is 5. The van der Waals surface area contributed by atoms with Crippen LogP contribution in [-0.2, 0) is 22.6 Å². The Kier molecular flexibility index (Phi) is 4.88. The average molecular weight is 340 g/mol. The molecular formula is C19H24N4O2. The van der Waals surface area contributed by atoms with Gasteiger partial charge >= 0.3 is 0 Å². The number of likely N-dealkylation sites (N-methyl/N-ethyl adjacent to an activating group) is 1. The highest BCUT2D eigenvalue weighted by Crippen LogP contribution is 2.20. The molecule has 25 heavy (non-hydrogen) atoms. The molecule has 1 aromatic carbocycles. The van der Waals surface area contributed by atoms with E-state index in [0.29, 0.717) is 19.5 Å². The van der Waals surface area contributed by atoms with Crippen LogP contribution in [0.1, 0.15) is 28.9 Å². The van der Waals surface area contributed by atoms with Gasteiger partial charge in [-0.2, -0.15) is 5.10 Å². The Morgan fingerprint density at radius 2 is 2.04 bits per heavy atom. The molecule has 2 aromatic rings. The molecule has 1 fully saturated rings. The Bertz CT molecular complexity index is 749. The minimum absolute atomic E-state index is 0.0281. The Morgan fingerprint density at radius 3 is 2.68 bits per heavy atom. The first-order valence-electron chi connectivity index (χ1n) is 8.56. The van der Waals surface area contributed by atoms with Crippen molar-refractivity contribution in [1.29, 1.82) is 0 Å². The molecule has 0 bridgehead atoms. The first kappa shape index (κ1) is 17.2. The van der Waals surface area contributed by atoms with Crippen molar-refractivity contribution in [2.45, 2.75) is 39.3 Å². The van der Waals surface area contributed by atoms with Gasteiger partial charge in [0.15, 0.2) is 0 Å². The number of amides is 2. The van der Waals surface area contributed by atoms with E-state index in [2.05, 4.69) is 10.2 Å². The smallest absolute Gasteiger partial charge is 0.245 e. The summed E-state index contributed by atoms with van der Waals surface area (Å²) < 4.78 is 0. The van der Waals surface area contributed by atoms with Crippen molar-refractivity contribution in [2.75, 3.05) is 13.6 Å². The quantitative estimate of drug-likeness (QED) is 0.903. The number of H-pyrrole nitrogens is 1. The van der Waals surface area contributed by atoms with Gasteiger partial charge in [-0.15, -0.1) is 0 Å². The number of aromatic amines is 1. The Hall–Kier alpha value is -2.63. The van der Waals surface area contributed by atoms with Crippen molar-refractivity contribution in [1.82, 2.24) is 20.0 Å². The molecule has 0 saturated carbocycles. The molecule has 1 saturated heterocycles. The summed E-state index contributed by atoms with van der Waals surface area (Å²) in [7, 11) is 1.72. The molecule has 0 radical (unpaired) electrons. The van der Waals surface area contributed by atoms with Crippen LogP contribution in [0.25, 0.3) is 0 Å². The molecular weight excluding hydrogens is 316 g/mol. The number of hydrogen-bond acceptors (Lipinski definition) is 3. The van der Waals surface area contributed by atoms with E-state index in [1.165, 1.54) is 0 Å². The molecule has 0 aliphatic carbocycles. The van der Waals surface area contributed by atoms with Gasteiger partial charge in [0.05, 0.1) is 12.1 Å². The predicted molar refractivity (Wildman–Crippen MR) is 94.8 cm³/mol. The number of aryl methyl sites for hydroxylation is 2. The largest absolute Gasteiger partial charge is 0.336 e. The van der Waals surface area contributed by atoms with Crippen molar-refractivity contribution >= 4 is 11.8 Å². The van der Waals surface area contributed by atoms with Gasteiger partial charge in [0.1, 0.15) is 6.04 Å². The van der Waals surface area contributed by atoms with E-state index in [9.17, 15) is 9.59 Å². The van der Waals surface area contributed by atoms with Gasteiger partial charge in [0.25, 0.3) is 0 Å². The molecule has 2 amide bonds. The minimum atomic E-state index is -0.372. The third-order valence-corrected chi connectivity index (χ3v) is 4.96. The Labute approximate surface area is 147 Å². The molecule has 6 nitrogen and oxygen atoms in total. The first-order valence-corrected chi connectivity index (χ1v) is 8.56. The second kappa shape index (κ2) is 7.09. The predicted octanol–water partition coefficient (Wildman–Crippen LogP) is 1.83. The fourth-order valence-electron chi connectivity index (χ4n) is 3.33. The third-order valence-electron chi connectivity index (χ3n) is 4.96. The number of hydrogen-bond donors (Lipinski definition) is 1. The lowest BCUT2D eigenvalue weighted by Crippen LogP contribution is -2.43. The highest BCUT2D eigenvalue weighted by Gasteiger charge is 2.36. The van der Waals surface area contributed by atoms with Gasteiger partial charge in [-0.3, -0.25) is 14.7 Å². The van der Waals surface area contributed by atoms with Crippen LogP contribution in [0.5, 0.6) is 0 Å². The summed E-state index contributed by atoms with van der Waals surface area (Å²) in [5, 5.41) is 7.03. The topological polar surface area (TPSA) is 69.3 Å². The van der Waals surface area contributed by atoms with Crippen molar-refractivity contribution in [3.05, 3.63) is 52.8 Å². The molecule has 0 unspecified atom stereocenters. The van der Waals surface area contributed by atoms with Gasteiger partial charge in [-0.25, -0.2) is 0 Å². The summed E-state index contributed by atoms with van der Waals surface area (Å²) in [5.74, 6) is -0.0205. The number of nitrogens with zero attached hydrogens (tertiary/aromatic N) is 3. The van der Waals surface area contributed by atoms with Crippen LogP contribution in [0.2, 0.25) is 0 Å². The fraction of sp³-hybridized carbons (Fsp3) is 0.421. The fourth-order valence-corrected chi connectivity index (χ4v) is 3.33. The zero-order valence-electron chi connectivity index (χ0n) is 15.0. The number of likely N-dealkylation sites (tertiary alicyclic amines) is 1. The highest BCUT2D eigenvalue weighted by molar-refractivity contribution is 5.89. The zero-order valence-corrected chi connectivity index (χ0v) is 15.0. The van der Waals surface area contributed by atoms with Crippen molar-refractivity contribution in [2.24, 2.45) is 0 Å². The van der Waals surface area contributed by atoms with Gasteiger partial charge < -0.3 is 9.80 Å². The average Bonchev–Trinajstić information content (AvgIpc) is 3.12. The summed E-state index contributed by atoms with van der Waals surface area (Å²) in [4.78, 5) is 28.8. The summed E-state index contributed by atoms with van der Waals surface area (Å²) in [6, 6.07) is 9.56. The van der Waals surface area contributed by atoms with E-state index in [1.807, 2.05) is 49.1 Å². The number of benzene rings is 1. The lowest BCUT2D eigenvalue weighted by molar-refractivity contribution is -0.140. The van der Waals surface area contributed by atoms with E-state index < -0.39 is 0 Å². The molecule has 6 heteroatoms. The third kappa shape index (κ3) is 3.57. The van der Waals surface area contributed by atoms with E-state index in [4.69, 9.17) is 0 Å². The van der Waals surface area contributed by atoms with Gasteiger partial charge in [-0.1, -0.05) is 30.3 Å². The molecule has 3 rings (SSSR count). The number of nitrogens with one attached hydrogen (secondary N) is 1. The molecule has 1 atom stereocenters. The molecule has 1 aromatic heterocycles. The molecule has 0 spiro atoms. The number of carbonyl (C=O) groups is 2. The van der Waals surface area contributed by atoms with Crippen LogP contribution >= 0.6 is 0 Å². The van der Waals surface area contributed by atoms with Gasteiger partial charge in [0, 0.05) is 31.4 Å². The summed E-state index contributed by atoms with van der Waals surface area (Å²) >= 11 is 0. The van der Waals surface area contributed by atoms with Crippen LogP contribution in [0.4, 0.5) is 0 Å². The lowest BCUT2D eigenvalue weighted by atomic mass is 10.1. The minimum Gasteiger partial charge on any atom is -0.336 e. The summed E-state index contributed by atoms with van der Waals surface area (Å²) in [6.07, 6.45) is 0.949. The van der Waals surface area contributed by atoms with Gasteiger partial charge in [-0.05, 0) is 25.8 Å². The van der Waals surface area contributed by atoms with Crippen molar-refractivity contribution in [3.63, 3.8) is 0 Å². The van der Waals surface area contributed by atoms with E-state index in [0.717, 1.165) is 22.5 Å². The van der Waals surface area contributed by atoms with E-state index in [-0.39, 0.29) is 24.3 Å². The standard InChI is InChI=1S/C19H24N4O2/c1-13-16(14(2)21-20-13)11-18(24)22(3)17-9-10-23(19(17)25)12-15-7-5-4-6-8-15/h4-8,17H,9-12H2,1-3H3,(H,20,21)/t17-/m1/s1. The van der Waals surface area contributed by atoms with E-state index in [1.54, 1.807) is 11.9 Å². The SMILES string of the molecule is Cc1n[nH]c(C)c1CC(=O)N(C)[C@@H]1CCN(Cc2ccccc2)C1=O. The highest BCUT2D eigenvalue weighted by atomic mass is 16.2. The number of carbonyl (C=O) groups excluding carboxylic acids is 2. The van der Waals surface area contributed by atoms with Crippen molar-refractivity contribution in [3.8, 4) is 0 Å². The van der Waals surface area contributed by atoms with Crippen LogP contribution in [0.15, 0.2) is 30.3 Å². The van der Waals surface area contributed by atoms with Crippen LogP contribution in [0.3, 0.4) is 0 Å². The second-order valence-electron chi connectivity index (χ2n) is 6.64. The lowest BCUT2D eigenvalue weighted by Gasteiger charge is -2.24. The maximum Gasteiger partial charge on any atom is 0.245 e. The Morgan fingerprint density at radius 1 is 1.32 bits per heavy atom. The first-order chi connectivity index (χ1) is 12.0. The molecule has 132 valence electrons. The molecule has 1 N–H and O–H groups in total. The van der Waals surface area contributed by atoms with Crippen LogP contribution in [0, 0.1) is 13.8 Å². The number of aromatic nitrogens is 2. The zero-order chi connectivity index (χ0) is 18.0. The van der Waals surface area contributed by atoms with Crippen molar-refractivity contribution < 1.29 is 9.59 Å². The summed E-state index contributed by atoms with van der Waals surface area (Å²) in [6.45, 7) is 5.07. The maximum atomic E-state index is 12.7. The van der Waals surface area contributed by atoms with Crippen LogP contribution < -0.4 is 0 Å². The Balaban J connectivity index is 1.63. The van der Waals surface area contributed by atoms with Gasteiger partial charge in [0.2, 0.25) is 11.8 Å². The van der Waals surface area contributed by atoms with Crippen LogP contribution in [-0.4, -0.2) is 51.4 Å². The summed E-state index contributed by atoms with van der Waals surface area (Å²) in [5.41, 5.74) is 3.77. The van der Waals surface area contributed by atoms with E-state index >= 15 is 0 Å². The normalized spacial score (nSPS) is 17.2. The maximum absolute atomic E-state index is 12.7. The monoisotopic (exact) mass is 340 g/mol. The molecule has 1 aliphatic heterocycles. The second-order valence-corrected chi connectivity index (χ2v) is 6.64.